The predicted molar refractivity (Wildman–Crippen MR) is 78.1 cm³/mol. The number of hydrogen-bond acceptors (Lipinski definition) is 4. The molecule has 110 valence electrons. The largest absolute Gasteiger partial charge is 0.476 e. The second-order valence-corrected chi connectivity index (χ2v) is 6.70. The van der Waals surface area contributed by atoms with Crippen molar-refractivity contribution in [2.75, 3.05) is 5.32 Å². The van der Waals surface area contributed by atoms with E-state index in [0.29, 0.717) is 23.0 Å². The topological polar surface area (TPSA) is 75.1 Å². The normalized spacial score (nSPS) is 21.1. The van der Waals surface area contributed by atoms with E-state index in [1.54, 1.807) is 6.20 Å². The van der Waals surface area contributed by atoms with E-state index >= 15 is 0 Å². The van der Waals surface area contributed by atoms with Crippen molar-refractivity contribution in [2.24, 2.45) is 5.41 Å². The molecule has 0 aromatic carbocycles. The van der Waals surface area contributed by atoms with Gasteiger partial charge in [0, 0.05) is 12.0 Å². The Morgan fingerprint density at radius 2 is 2.20 bits per heavy atom. The fourth-order valence-electron chi connectivity index (χ4n) is 2.72. The third-order valence-corrected chi connectivity index (χ3v) is 3.85. The van der Waals surface area contributed by atoms with E-state index in [4.69, 9.17) is 0 Å². The second kappa shape index (κ2) is 5.38. The lowest BCUT2D eigenvalue weighted by atomic mass is 9.92. The number of carboxylic acids is 1. The van der Waals surface area contributed by atoms with Crippen molar-refractivity contribution < 1.29 is 9.90 Å². The Labute approximate surface area is 119 Å². The Bertz CT molecular complexity index is 512. The molecular formula is C15H23N3O2. The lowest BCUT2D eigenvalue weighted by molar-refractivity contribution is 0.0691. The molecule has 5 heteroatoms. The summed E-state index contributed by atoms with van der Waals surface area (Å²) in [5.41, 5.74) is 0.928. The smallest absolute Gasteiger partial charge is 0.356 e. The molecule has 0 radical (unpaired) electrons. The van der Waals surface area contributed by atoms with Crippen molar-refractivity contribution in [3.8, 4) is 0 Å². The molecule has 1 saturated carbocycles. The van der Waals surface area contributed by atoms with E-state index in [2.05, 4.69) is 29.1 Å². The van der Waals surface area contributed by atoms with Gasteiger partial charge in [0.15, 0.2) is 5.69 Å². The van der Waals surface area contributed by atoms with Crippen molar-refractivity contribution in [3.05, 3.63) is 17.7 Å². The number of rotatable bonds is 4. The minimum absolute atomic E-state index is 0.0772. The van der Waals surface area contributed by atoms with Crippen molar-refractivity contribution in [1.29, 1.82) is 0 Å². The zero-order valence-corrected chi connectivity index (χ0v) is 12.6. The van der Waals surface area contributed by atoms with Crippen LogP contribution in [0, 0.1) is 5.41 Å². The highest BCUT2D eigenvalue weighted by atomic mass is 16.4. The van der Waals surface area contributed by atoms with Gasteiger partial charge < -0.3 is 10.4 Å². The summed E-state index contributed by atoms with van der Waals surface area (Å²) in [5.74, 6) is -0.318. The second-order valence-electron chi connectivity index (χ2n) is 6.70. The van der Waals surface area contributed by atoms with Crippen LogP contribution in [0.25, 0.3) is 0 Å². The van der Waals surface area contributed by atoms with Crippen molar-refractivity contribution >= 4 is 11.7 Å². The van der Waals surface area contributed by atoms with Gasteiger partial charge in [0.25, 0.3) is 0 Å². The summed E-state index contributed by atoms with van der Waals surface area (Å²) in [6.07, 6.45) is 4.85. The number of hydrogen-bond donors (Lipinski definition) is 2. The van der Waals surface area contributed by atoms with E-state index in [-0.39, 0.29) is 11.6 Å². The average Bonchev–Trinajstić information content (AvgIpc) is 2.68. The molecule has 0 bridgehead atoms. The molecule has 1 heterocycles. The maximum atomic E-state index is 11.4. The fraction of sp³-hybridized carbons (Fsp3) is 0.667. The van der Waals surface area contributed by atoms with E-state index in [1.165, 1.54) is 0 Å². The average molecular weight is 277 g/mol. The standard InChI is InChI=1S/C15H23N3O2/c1-9(2)13-16-8-11(12(18-13)14(19)20)17-10-5-6-15(3,4)7-10/h8-10,17H,5-7H2,1-4H3,(H,19,20). The number of carbonyl (C=O) groups is 1. The molecule has 1 fully saturated rings. The van der Waals surface area contributed by atoms with Crippen molar-refractivity contribution in [2.45, 2.75) is 58.9 Å². The van der Waals surface area contributed by atoms with Gasteiger partial charge in [0.2, 0.25) is 0 Å². The lowest BCUT2D eigenvalue weighted by Gasteiger charge is -2.19. The molecule has 1 unspecified atom stereocenters. The maximum absolute atomic E-state index is 11.4. The first kappa shape index (κ1) is 14.8. The molecular weight excluding hydrogens is 254 g/mol. The van der Waals surface area contributed by atoms with Gasteiger partial charge in [-0.3, -0.25) is 0 Å². The molecule has 0 spiro atoms. The van der Waals surface area contributed by atoms with Gasteiger partial charge in [-0.1, -0.05) is 27.7 Å². The summed E-state index contributed by atoms with van der Waals surface area (Å²) >= 11 is 0. The van der Waals surface area contributed by atoms with Crippen LogP contribution in [0.2, 0.25) is 0 Å². The Kier molecular flexibility index (Phi) is 3.97. The number of anilines is 1. The lowest BCUT2D eigenvalue weighted by Crippen LogP contribution is -2.21. The number of aromatic carboxylic acids is 1. The van der Waals surface area contributed by atoms with E-state index in [1.807, 2.05) is 13.8 Å². The minimum Gasteiger partial charge on any atom is -0.476 e. The molecule has 1 aromatic rings. The molecule has 0 saturated heterocycles. The minimum atomic E-state index is -1.01. The predicted octanol–water partition coefficient (Wildman–Crippen LogP) is 3.29. The number of carboxylic acid groups (broad SMARTS) is 1. The SMILES string of the molecule is CC(C)c1ncc(NC2CCC(C)(C)C2)c(C(=O)O)n1. The monoisotopic (exact) mass is 277 g/mol. The van der Waals surface area contributed by atoms with Gasteiger partial charge in [0.05, 0.1) is 11.9 Å². The van der Waals surface area contributed by atoms with E-state index in [0.717, 1.165) is 19.3 Å². The Morgan fingerprint density at radius 3 is 2.70 bits per heavy atom. The summed E-state index contributed by atoms with van der Waals surface area (Å²) in [5, 5.41) is 12.6. The van der Waals surface area contributed by atoms with Gasteiger partial charge in [-0.05, 0) is 24.7 Å². The van der Waals surface area contributed by atoms with Crippen LogP contribution in [-0.4, -0.2) is 27.1 Å². The van der Waals surface area contributed by atoms with Crippen LogP contribution in [0.3, 0.4) is 0 Å². The summed E-state index contributed by atoms with van der Waals surface area (Å²) < 4.78 is 0. The molecule has 1 aliphatic carbocycles. The summed E-state index contributed by atoms with van der Waals surface area (Å²) in [7, 11) is 0. The van der Waals surface area contributed by atoms with Crippen LogP contribution < -0.4 is 5.32 Å². The van der Waals surface area contributed by atoms with Crippen LogP contribution in [0.15, 0.2) is 6.20 Å². The Balaban J connectivity index is 2.21. The summed E-state index contributed by atoms with van der Waals surface area (Å²) in [6.45, 7) is 8.39. The molecule has 0 aliphatic heterocycles. The number of nitrogens with zero attached hydrogens (tertiary/aromatic N) is 2. The first-order chi connectivity index (χ1) is 9.28. The molecule has 20 heavy (non-hydrogen) atoms. The van der Waals surface area contributed by atoms with Gasteiger partial charge >= 0.3 is 5.97 Å². The van der Waals surface area contributed by atoms with Crippen LogP contribution in [0.1, 0.15) is 69.2 Å². The highest BCUT2D eigenvalue weighted by Crippen LogP contribution is 2.38. The van der Waals surface area contributed by atoms with Crippen LogP contribution in [-0.2, 0) is 0 Å². The molecule has 1 atom stereocenters. The van der Waals surface area contributed by atoms with Crippen LogP contribution >= 0.6 is 0 Å². The first-order valence-electron chi connectivity index (χ1n) is 7.15. The van der Waals surface area contributed by atoms with E-state index < -0.39 is 5.97 Å². The molecule has 1 aromatic heterocycles. The maximum Gasteiger partial charge on any atom is 0.356 e. The van der Waals surface area contributed by atoms with Crippen LogP contribution in [0.5, 0.6) is 0 Å². The van der Waals surface area contributed by atoms with Gasteiger partial charge in [-0.15, -0.1) is 0 Å². The number of nitrogens with one attached hydrogen (secondary N) is 1. The Hall–Kier alpha value is -1.65. The molecule has 1 aliphatic rings. The van der Waals surface area contributed by atoms with Crippen molar-refractivity contribution in [1.82, 2.24) is 9.97 Å². The molecule has 5 nitrogen and oxygen atoms in total. The van der Waals surface area contributed by atoms with Gasteiger partial charge in [-0.2, -0.15) is 0 Å². The molecule has 2 N–H and O–H groups in total. The van der Waals surface area contributed by atoms with Crippen molar-refractivity contribution in [3.63, 3.8) is 0 Å². The van der Waals surface area contributed by atoms with Gasteiger partial charge in [0.1, 0.15) is 5.82 Å². The highest BCUT2D eigenvalue weighted by Gasteiger charge is 2.31. The third kappa shape index (κ3) is 3.26. The zero-order chi connectivity index (χ0) is 14.9. The summed E-state index contributed by atoms with van der Waals surface area (Å²) in [6, 6.07) is 0.302. The molecule has 0 amide bonds. The quantitative estimate of drug-likeness (QED) is 0.883. The first-order valence-corrected chi connectivity index (χ1v) is 7.15. The number of aromatic nitrogens is 2. The van der Waals surface area contributed by atoms with E-state index in [9.17, 15) is 9.90 Å². The summed E-state index contributed by atoms with van der Waals surface area (Å²) in [4.78, 5) is 19.8. The highest BCUT2D eigenvalue weighted by molar-refractivity contribution is 5.91. The van der Waals surface area contributed by atoms with Crippen LogP contribution in [0.4, 0.5) is 5.69 Å². The zero-order valence-electron chi connectivity index (χ0n) is 12.6. The van der Waals surface area contributed by atoms with Gasteiger partial charge in [-0.25, -0.2) is 14.8 Å². The molecule has 2 rings (SSSR count). The fourth-order valence-corrected chi connectivity index (χ4v) is 2.72. The third-order valence-electron chi connectivity index (χ3n) is 3.85. The Morgan fingerprint density at radius 1 is 1.50 bits per heavy atom.